The summed E-state index contributed by atoms with van der Waals surface area (Å²) < 4.78 is 5.67. The minimum absolute atomic E-state index is 0.278. The number of nitrogens with two attached hydrogens (primary N) is 2. The lowest BCUT2D eigenvalue weighted by Crippen LogP contribution is -2.62. The zero-order valence-electron chi connectivity index (χ0n) is 11.2. The molecule has 2 unspecified atom stereocenters. The van der Waals surface area contributed by atoms with Crippen molar-refractivity contribution in [2.45, 2.75) is 44.2 Å². The lowest BCUT2D eigenvalue weighted by Gasteiger charge is -2.38. The fraction of sp³-hybridized carbons (Fsp3) is 0.923. The molecule has 1 saturated heterocycles. The molecule has 2 rings (SSSR count). The Morgan fingerprint density at radius 2 is 2.17 bits per heavy atom. The van der Waals surface area contributed by atoms with Crippen molar-refractivity contribution in [3.05, 3.63) is 0 Å². The zero-order valence-corrected chi connectivity index (χ0v) is 11.2. The molecule has 4 N–H and O–H groups in total. The predicted molar refractivity (Wildman–Crippen MR) is 69.9 cm³/mol. The largest absolute Gasteiger partial charge is 0.377 e. The van der Waals surface area contributed by atoms with E-state index in [1.807, 2.05) is 6.92 Å². The molecule has 2 atom stereocenters. The van der Waals surface area contributed by atoms with Crippen molar-refractivity contribution in [1.82, 2.24) is 4.90 Å². The molecule has 0 aromatic heterocycles. The normalized spacial score (nSPS) is 28.9. The number of hydrogen-bond acceptors (Lipinski definition) is 4. The maximum Gasteiger partial charge on any atom is 0.239 e. The van der Waals surface area contributed by atoms with Gasteiger partial charge in [0, 0.05) is 19.7 Å². The highest BCUT2D eigenvalue weighted by Crippen LogP contribution is 2.39. The van der Waals surface area contributed by atoms with Gasteiger partial charge in [-0.2, -0.15) is 0 Å². The van der Waals surface area contributed by atoms with Gasteiger partial charge in [0.05, 0.1) is 6.10 Å². The molecule has 104 valence electrons. The van der Waals surface area contributed by atoms with Crippen molar-refractivity contribution in [2.75, 3.05) is 26.2 Å². The van der Waals surface area contributed by atoms with E-state index in [-0.39, 0.29) is 17.9 Å². The van der Waals surface area contributed by atoms with Gasteiger partial charge >= 0.3 is 0 Å². The van der Waals surface area contributed by atoms with Gasteiger partial charge in [-0.05, 0) is 45.1 Å². The van der Waals surface area contributed by atoms with Gasteiger partial charge in [0.25, 0.3) is 0 Å². The van der Waals surface area contributed by atoms with E-state index in [1.165, 1.54) is 0 Å². The maximum atomic E-state index is 11.6. The summed E-state index contributed by atoms with van der Waals surface area (Å²) in [6, 6.07) is 0. The maximum absolute atomic E-state index is 11.6. The molecule has 1 aliphatic carbocycles. The molecule has 0 aromatic carbocycles. The van der Waals surface area contributed by atoms with Crippen LogP contribution in [0.5, 0.6) is 0 Å². The van der Waals surface area contributed by atoms with Crippen molar-refractivity contribution in [3.63, 3.8) is 0 Å². The van der Waals surface area contributed by atoms with Crippen LogP contribution in [0.3, 0.4) is 0 Å². The summed E-state index contributed by atoms with van der Waals surface area (Å²) >= 11 is 0. The van der Waals surface area contributed by atoms with Gasteiger partial charge in [0.1, 0.15) is 5.54 Å². The third-order valence-electron chi connectivity index (χ3n) is 4.11. The first-order valence-corrected chi connectivity index (χ1v) is 6.99. The first-order valence-electron chi connectivity index (χ1n) is 6.99. The molecule has 5 heteroatoms. The van der Waals surface area contributed by atoms with Crippen LogP contribution in [0.25, 0.3) is 0 Å². The Morgan fingerprint density at radius 3 is 2.72 bits per heavy atom. The summed E-state index contributed by atoms with van der Waals surface area (Å²) in [6.45, 7) is 5.19. The van der Waals surface area contributed by atoms with E-state index in [9.17, 15) is 4.79 Å². The van der Waals surface area contributed by atoms with Crippen molar-refractivity contribution in [3.8, 4) is 0 Å². The summed E-state index contributed by atoms with van der Waals surface area (Å²) in [6.07, 6.45) is 4.54. The summed E-state index contributed by atoms with van der Waals surface area (Å²) in [7, 11) is 0. The average molecular weight is 255 g/mol. The molecule has 1 aliphatic heterocycles. The number of likely N-dealkylation sites (tertiary alicyclic amines) is 1. The van der Waals surface area contributed by atoms with Gasteiger partial charge in [0.15, 0.2) is 0 Å². The minimum atomic E-state index is -0.839. The first kappa shape index (κ1) is 13.8. The number of hydrogen-bond donors (Lipinski definition) is 2. The van der Waals surface area contributed by atoms with Crippen LogP contribution >= 0.6 is 0 Å². The Bertz CT molecular complexity index is 305. The first-order chi connectivity index (χ1) is 8.56. The summed E-state index contributed by atoms with van der Waals surface area (Å²) in [5, 5.41) is 0. The Balaban J connectivity index is 1.92. The third kappa shape index (κ3) is 3.02. The molecule has 0 spiro atoms. The molecule has 1 heterocycles. The topological polar surface area (TPSA) is 81.6 Å². The number of primary amides is 1. The number of rotatable bonds is 6. The molecule has 1 amide bonds. The molecule has 2 fully saturated rings. The van der Waals surface area contributed by atoms with Gasteiger partial charge in [-0.3, -0.25) is 9.69 Å². The average Bonchev–Trinajstić information content (AvgIpc) is 3.13. The van der Waals surface area contributed by atoms with Gasteiger partial charge < -0.3 is 16.2 Å². The summed E-state index contributed by atoms with van der Waals surface area (Å²) in [5.74, 6) is -0.0778. The molecule has 2 aliphatic rings. The van der Waals surface area contributed by atoms with Crippen LogP contribution in [0.4, 0.5) is 0 Å². The highest BCUT2D eigenvalue weighted by molar-refractivity contribution is 5.85. The lowest BCUT2D eigenvalue weighted by molar-refractivity contribution is -0.125. The van der Waals surface area contributed by atoms with Gasteiger partial charge in [-0.1, -0.05) is 0 Å². The fourth-order valence-corrected chi connectivity index (χ4v) is 2.91. The molecule has 18 heavy (non-hydrogen) atoms. The van der Waals surface area contributed by atoms with E-state index in [1.54, 1.807) is 0 Å². The smallest absolute Gasteiger partial charge is 0.239 e. The number of carbonyl (C=O) groups excluding carboxylic acids is 1. The second-order valence-corrected chi connectivity index (χ2v) is 5.63. The molecule has 0 bridgehead atoms. The van der Waals surface area contributed by atoms with Crippen LogP contribution in [0.15, 0.2) is 0 Å². The molecular weight excluding hydrogens is 230 g/mol. The van der Waals surface area contributed by atoms with E-state index in [2.05, 4.69) is 4.90 Å². The highest BCUT2D eigenvalue weighted by Gasteiger charge is 2.48. The van der Waals surface area contributed by atoms with Gasteiger partial charge in [0.2, 0.25) is 5.91 Å². The number of piperidine rings is 1. The van der Waals surface area contributed by atoms with E-state index >= 15 is 0 Å². The quantitative estimate of drug-likeness (QED) is 0.704. The fourth-order valence-electron chi connectivity index (χ4n) is 2.91. The van der Waals surface area contributed by atoms with E-state index < -0.39 is 5.54 Å². The van der Waals surface area contributed by atoms with Crippen LogP contribution in [0.1, 0.15) is 32.6 Å². The summed E-state index contributed by atoms with van der Waals surface area (Å²) in [4.78, 5) is 13.9. The molecule has 0 radical (unpaired) electrons. The monoisotopic (exact) mass is 255 g/mol. The SMILES string of the molecule is CCOC1CCCN(CC(N)(C(N)=O)C2CC2)C1. The van der Waals surface area contributed by atoms with Crippen molar-refractivity contribution in [1.29, 1.82) is 0 Å². The minimum Gasteiger partial charge on any atom is -0.377 e. The second kappa shape index (κ2) is 5.55. The Morgan fingerprint density at radius 1 is 1.44 bits per heavy atom. The number of nitrogens with zero attached hydrogens (tertiary/aromatic N) is 1. The van der Waals surface area contributed by atoms with E-state index in [0.29, 0.717) is 6.54 Å². The Kier molecular flexibility index (Phi) is 4.25. The third-order valence-corrected chi connectivity index (χ3v) is 4.11. The highest BCUT2D eigenvalue weighted by atomic mass is 16.5. The van der Waals surface area contributed by atoms with Crippen LogP contribution in [-0.2, 0) is 9.53 Å². The van der Waals surface area contributed by atoms with Crippen LogP contribution in [-0.4, -0.2) is 48.7 Å². The molecule has 1 saturated carbocycles. The summed E-state index contributed by atoms with van der Waals surface area (Å²) in [5.41, 5.74) is 10.9. The number of carbonyl (C=O) groups is 1. The van der Waals surface area contributed by atoms with Crippen molar-refractivity contribution < 1.29 is 9.53 Å². The van der Waals surface area contributed by atoms with Crippen LogP contribution in [0.2, 0.25) is 0 Å². The molecule has 5 nitrogen and oxygen atoms in total. The van der Waals surface area contributed by atoms with Crippen molar-refractivity contribution >= 4 is 5.91 Å². The van der Waals surface area contributed by atoms with Gasteiger partial charge in [-0.15, -0.1) is 0 Å². The Hall–Kier alpha value is -0.650. The van der Waals surface area contributed by atoms with Gasteiger partial charge in [-0.25, -0.2) is 0 Å². The van der Waals surface area contributed by atoms with Crippen LogP contribution in [0, 0.1) is 5.92 Å². The van der Waals surface area contributed by atoms with E-state index in [4.69, 9.17) is 16.2 Å². The molecular formula is C13H25N3O2. The second-order valence-electron chi connectivity index (χ2n) is 5.63. The predicted octanol–water partition coefficient (Wildman–Crippen LogP) is 0.0801. The zero-order chi connectivity index (χ0) is 13.2. The lowest BCUT2D eigenvalue weighted by atomic mass is 9.92. The molecule has 0 aromatic rings. The van der Waals surface area contributed by atoms with E-state index in [0.717, 1.165) is 45.4 Å². The van der Waals surface area contributed by atoms with Crippen LogP contribution < -0.4 is 11.5 Å². The standard InChI is InChI=1S/C13H25N3O2/c1-2-18-11-4-3-7-16(8-11)9-13(15,12(14)17)10-5-6-10/h10-11H,2-9,15H2,1H3,(H2,14,17). The number of amides is 1. The Labute approximate surface area is 109 Å². The number of ether oxygens (including phenoxy) is 1. The van der Waals surface area contributed by atoms with Crippen molar-refractivity contribution in [2.24, 2.45) is 17.4 Å².